The molecular formula is C22H45ClO5. The van der Waals surface area contributed by atoms with Crippen LogP contribution in [0.3, 0.4) is 0 Å². The second-order valence-electron chi connectivity index (χ2n) is 6.93. The zero-order valence-corrected chi connectivity index (χ0v) is 19.0. The van der Waals surface area contributed by atoms with Gasteiger partial charge in [0.25, 0.3) is 0 Å². The normalized spacial score (nSPS) is 11.4. The number of hydrogen-bond donors (Lipinski definition) is 0. The summed E-state index contributed by atoms with van der Waals surface area (Å²) < 4.78 is 27.5. The molecule has 0 heterocycles. The van der Waals surface area contributed by atoms with Gasteiger partial charge in [0.15, 0.2) is 0 Å². The van der Waals surface area contributed by atoms with Gasteiger partial charge in [0, 0.05) is 19.1 Å². The van der Waals surface area contributed by atoms with Crippen LogP contribution in [0.2, 0.25) is 0 Å². The number of alkyl halides is 1. The first kappa shape index (κ1) is 28.1. The highest BCUT2D eigenvalue weighted by Gasteiger charge is 1.95. The van der Waals surface area contributed by atoms with Gasteiger partial charge in [-0.1, -0.05) is 51.9 Å². The topological polar surface area (TPSA) is 46.2 Å². The van der Waals surface area contributed by atoms with E-state index in [1.165, 1.54) is 44.9 Å². The average molecular weight is 425 g/mol. The molecule has 0 radical (unpaired) electrons. The zero-order valence-electron chi connectivity index (χ0n) is 18.3. The van der Waals surface area contributed by atoms with Gasteiger partial charge in [-0.2, -0.15) is 0 Å². The van der Waals surface area contributed by atoms with E-state index in [1.807, 2.05) is 0 Å². The van der Waals surface area contributed by atoms with E-state index in [0.717, 1.165) is 38.4 Å². The first-order valence-electron chi connectivity index (χ1n) is 11.4. The Bertz CT molecular complexity index is 243. The summed E-state index contributed by atoms with van der Waals surface area (Å²) in [4.78, 5) is 0. The number of unbranched alkanes of at least 4 members (excludes halogenated alkanes) is 8. The van der Waals surface area contributed by atoms with Gasteiger partial charge < -0.3 is 23.7 Å². The summed E-state index contributed by atoms with van der Waals surface area (Å²) in [7, 11) is 0. The Labute approximate surface area is 178 Å². The summed E-state index contributed by atoms with van der Waals surface area (Å²) in [6.07, 6.45) is 12.4. The molecule has 0 saturated heterocycles. The second kappa shape index (κ2) is 27.1. The van der Waals surface area contributed by atoms with Gasteiger partial charge in [0.1, 0.15) is 0 Å². The fraction of sp³-hybridized carbons (Fsp3) is 1.00. The summed E-state index contributed by atoms with van der Waals surface area (Å²) >= 11 is 5.63. The maximum Gasteiger partial charge on any atom is 0.0701 e. The molecule has 5 nitrogen and oxygen atoms in total. The van der Waals surface area contributed by atoms with E-state index in [9.17, 15) is 0 Å². The van der Waals surface area contributed by atoms with Crippen molar-refractivity contribution in [3.63, 3.8) is 0 Å². The van der Waals surface area contributed by atoms with Crippen LogP contribution in [0.1, 0.15) is 71.1 Å². The maximum atomic E-state index is 5.63. The van der Waals surface area contributed by atoms with Gasteiger partial charge >= 0.3 is 0 Å². The van der Waals surface area contributed by atoms with Crippen LogP contribution in [-0.4, -0.2) is 71.9 Å². The number of halogens is 1. The summed E-state index contributed by atoms with van der Waals surface area (Å²) in [5, 5.41) is 0. The van der Waals surface area contributed by atoms with E-state index in [2.05, 4.69) is 6.92 Å². The zero-order chi connectivity index (χ0) is 20.4. The maximum absolute atomic E-state index is 5.63. The first-order valence-corrected chi connectivity index (χ1v) is 11.9. The van der Waals surface area contributed by atoms with E-state index < -0.39 is 0 Å². The van der Waals surface area contributed by atoms with Crippen molar-refractivity contribution in [2.45, 2.75) is 71.1 Å². The van der Waals surface area contributed by atoms with Crippen LogP contribution >= 0.6 is 11.6 Å². The number of ether oxygens (including phenoxy) is 5. The summed E-state index contributed by atoms with van der Waals surface area (Å²) in [5.41, 5.74) is 0. The van der Waals surface area contributed by atoms with Crippen LogP contribution < -0.4 is 0 Å². The van der Waals surface area contributed by atoms with Crippen molar-refractivity contribution in [1.29, 1.82) is 0 Å². The van der Waals surface area contributed by atoms with Gasteiger partial charge in [-0.3, -0.25) is 0 Å². The third kappa shape index (κ3) is 26.1. The van der Waals surface area contributed by atoms with Crippen LogP contribution in [0.15, 0.2) is 0 Å². The minimum absolute atomic E-state index is 0.594. The van der Waals surface area contributed by atoms with Crippen LogP contribution in [0, 0.1) is 0 Å². The van der Waals surface area contributed by atoms with Crippen molar-refractivity contribution in [3.05, 3.63) is 0 Å². The number of hydrogen-bond acceptors (Lipinski definition) is 5. The average Bonchev–Trinajstić information content (AvgIpc) is 2.71. The molecule has 0 aliphatic heterocycles. The quantitative estimate of drug-likeness (QED) is 0.148. The molecule has 0 fully saturated rings. The lowest BCUT2D eigenvalue weighted by molar-refractivity contribution is -0.0114. The lowest BCUT2D eigenvalue weighted by Gasteiger charge is -2.08. The van der Waals surface area contributed by atoms with Crippen molar-refractivity contribution in [1.82, 2.24) is 0 Å². The van der Waals surface area contributed by atoms with Crippen LogP contribution in [0.5, 0.6) is 0 Å². The number of rotatable bonds is 25. The van der Waals surface area contributed by atoms with Gasteiger partial charge in [-0.25, -0.2) is 0 Å². The van der Waals surface area contributed by atoms with E-state index in [1.54, 1.807) is 0 Å². The van der Waals surface area contributed by atoms with Crippen molar-refractivity contribution >= 4 is 11.6 Å². The fourth-order valence-corrected chi connectivity index (χ4v) is 2.81. The molecule has 28 heavy (non-hydrogen) atoms. The molecule has 0 aliphatic carbocycles. The molecule has 0 aromatic heterocycles. The van der Waals surface area contributed by atoms with Gasteiger partial charge in [-0.15, -0.1) is 11.6 Å². The molecule has 6 heteroatoms. The third-order valence-corrected chi connectivity index (χ3v) is 4.57. The van der Waals surface area contributed by atoms with Gasteiger partial charge in [0.05, 0.1) is 52.9 Å². The molecule has 0 rings (SSSR count). The molecule has 0 spiro atoms. The van der Waals surface area contributed by atoms with Crippen LogP contribution in [-0.2, 0) is 23.7 Å². The Balaban J connectivity index is 2.96. The first-order chi connectivity index (χ1) is 13.9. The summed E-state index contributed by atoms with van der Waals surface area (Å²) in [6.45, 7) is 8.87. The van der Waals surface area contributed by atoms with Crippen molar-refractivity contribution < 1.29 is 23.7 Å². The summed E-state index contributed by atoms with van der Waals surface area (Å²) in [5.74, 6) is 0.761. The minimum Gasteiger partial charge on any atom is -0.379 e. The van der Waals surface area contributed by atoms with Gasteiger partial charge in [0.2, 0.25) is 0 Å². The Kier molecular flexibility index (Phi) is 27.2. The minimum atomic E-state index is 0.594. The van der Waals surface area contributed by atoms with Crippen LogP contribution in [0.25, 0.3) is 0 Å². The Hall–Kier alpha value is 0.0900. The molecule has 0 saturated carbocycles. The van der Waals surface area contributed by atoms with E-state index in [-0.39, 0.29) is 0 Å². The molecule has 0 atom stereocenters. The Morgan fingerprint density at radius 3 is 1.11 bits per heavy atom. The third-order valence-electron chi connectivity index (χ3n) is 4.30. The van der Waals surface area contributed by atoms with Crippen molar-refractivity contribution in [2.75, 3.05) is 71.9 Å². The highest BCUT2D eigenvalue weighted by atomic mass is 35.5. The van der Waals surface area contributed by atoms with Crippen molar-refractivity contribution in [3.8, 4) is 0 Å². The highest BCUT2D eigenvalue weighted by molar-refractivity contribution is 6.17. The molecule has 0 bridgehead atoms. The standard InChI is InChI=1S/C22H45ClO5/c1-2-3-4-5-7-10-13-24-15-17-26-19-21-28-22-20-27-18-16-25-14-11-8-6-9-12-23/h2-22H2,1H3. The second-order valence-corrected chi connectivity index (χ2v) is 7.31. The molecule has 0 unspecified atom stereocenters. The molecule has 0 N–H and O–H groups in total. The predicted octanol–water partition coefficient (Wildman–Crippen LogP) is 5.23. The van der Waals surface area contributed by atoms with Crippen molar-refractivity contribution in [2.24, 2.45) is 0 Å². The smallest absolute Gasteiger partial charge is 0.0701 e. The Morgan fingerprint density at radius 1 is 0.393 bits per heavy atom. The van der Waals surface area contributed by atoms with E-state index >= 15 is 0 Å². The largest absolute Gasteiger partial charge is 0.379 e. The monoisotopic (exact) mass is 424 g/mol. The van der Waals surface area contributed by atoms with Gasteiger partial charge in [-0.05, 0) is 19.3 Å². The molecule has 0 aromatic carbocycles. The van der Waals surface area contributed by atoms with E-state index in [4.69, 9.17) is 35.3 Å². The van der Waals surface area contributed by atoms with E-state index in [0.29, 0.717) is 52.9 Å². The molecule has 0 aromatic rings. The molecule has 0 amide bonds. The molecule has 170 valence electrons. The lowest BCUT2D eigenvalue weighted by Crippen LogP contribution is -2.13. The summed E-state index contributed by atoms with van der Waals surface area (Å²) in [6, 6.07) is 0. The lowest BCUT2D eigenvalue weighted by atomic mass is 10.1. The molecule has 0 aliphatic rings. The predicted molar refractivity (Wildman–Crippen MR) is 117 cm³/mol. The Morgan fingerprint density at radius 2 is 0.714 bits per heavy atom. The SMILES string of the molecule is CCCCCCCCOCCOCCOCCOCCOCCCCCCCl. The molecular weight excluding hydrogens is 380 g/mol. The fourth-order valence-electron chi connectivity index (χ4n) is 2.62. The van der Waals surface area contributed by atoms with Crippen LogP contribution in [0.4, 0.5) is 0 Å². The highest BCUT2D eigenvalue weighted by Crippen LogP contribution is 2.04.